The summed E-state index contributed by atoms with van der Waals surface area (Å²) in [6.45, 7) is 37.6. The van der Waals surface area contributed by atoms with Gasteiger partial charge in [0.2, 0.25) is 5.91 Å². The summed E-state index contributed by atoms with van der Waals surface area (Å²) in [7, 11) is 3.97. The van der Waals surface area contributed by atoms with Crippen LogP contribution in [-0.4, -0.2) is 24.9 Å². The van der Waals surface area contributed by atoms with Crippen LogP contribution in [-0.2, 0) is 4.79 Å². The molecule has 5 saturated carbocycles. The monoisotopic (exact) mass is 668 g/mol. The average Bonchev–Trinajstić information content (AvgIpc) is 3.74. The molecule has 48 heavy (non-hydrogen) atoms. The largest absolute Gasteiger partial charge is 0.348 e. The van der Waals surface area contributed by atoms with Crippen molar-refractivity contribution in [3.8, 4) is 0 Å². The summed E-state index contributed by atoms with van der Waals surface area (Å²) in [5.41, 5.74) is 4.15. The first-order valence-electron chi connectivity index (χ1n) is 20.9. The van der Waals surface area contributed by atoms with Gasteiger partial charge < -0.3 is 4.90 Å². The second kappa shape index (κ2) is 18.3. The predicted octanol–water partition coefficient (Wildman–Crippen LogP) is 14.1. The first kappa shape index (κ1) is 44.7. The number of nitrogens with zero attached hydrogens (tertiary/aromatic N) is 1. The number of rotatable bonds is 3. The van der Waals surface area contributed by atoms with E-state index in [9.17, 15) is 4.79 Å². The van der Waals surface area contributed by atoms with Crippen LogP contribution in [0.3, 0.4) is 0 Å². The first-order chi connectivity index (χ1) is 22.7. The molecule has 0 radical (unpaired) electrons. The van der Waals surface area contributed by atoms with Crippen molar-refractivity contribution >= 4 is 5.91 Å². The van der Waals surface area contributed by atoms with Crippen LogP contribution in [0.4, 0.5) is 0 Å². The van der Waals surface area contributed by atoms with Crippen LogP contribution in [0.15, 0.2) is 36.0 Å². The minimum absolute atomic E-state index is 0.0720. The number of carbonyl (C=O) groups excluding carboxylic acids is 1. The van der Waals surface area contributed by atoms with Crippen LogP contribution in [0.2, 0.25) is 0 Å². The first-order valence-corrected chi connectivity index (χ1v) is 20.9. The van der Waals surface area contributed by atoms with E-state index in [1.807, 2.05) is 80.5 Å². The summed E-state index contributed by atoms with van der Waals surface area (Å²) in [5.74, 6) is 4.31. The molecule has 0 bridgehead atoms. The van der Waals surface area contributed by atoms with Crippen LogP contribution < -0.4 is 0 Å². The molecule has 0 saturated heterocycles. The van der Waals surface area contributed by atoms with Gasteiger partial charge >= 0.3 is 0 Å². The fourth-order valence-electron chi connectivity index (χ4n) is 12.1. The molecule has 2 heteroatoms. The maximum absolute atomic E-state index is 13.6. The Bertz CT molecular complexity index is 1080. The van der Waals surface area contributed by atoms with E-state index >= 15 is 0 Å². The topological polar surface area (TPSA) is 20.3 Å². The van der Waals surface area contributed by atoms with Crippen molar-refractivity contribution in [1.29, 1.82) is 0 Å². The van der Waals surface area contributed by atoms with E-state index < -0.39 is 0 Å². The zero-order valence-corrected chi connectivity index (χ0v) is 35.7. The Balaban J connectivity index is 0.000000843. The smallest absolute Gasteiger partial charge is 0.228 e. The highest BCUT2D eigenvalue weighted by Gasteiger charge is 2.70. The average molecular weight is 668 g/mol. The zero-order chi connectivity index (χ0) is 37.3. The van der Waals surface area contributed by atoms with Gasteiger partial charge in [-0.15, -0.1) is 0 Å². The highest BCUT2D eigenvalue weighted by atomic mass is 16.2. The highest BCUT2D eigenvalue weighted by Crippen LogP contribution is 2.77. The van der Waals surface area contributed by atoms with Gasteiger partial charge in [-0.05, 0) is 127 Å². The van der Waals surface area contributed by atoms with Crippen molar-refractivity contribution in [2.24, 2.45) is 56.7 Å². The minimum atomic E-state index is -0.0720. The van der Waals surface area contributed by atoms with Gasteiger partial charge in [0, 0.05) is 14.1 Å². The molecular formula is C46H85NO. The normalized spacial score (nSPS) is 38.4. The van der Waals surface area contributed by atoms with Crippen LogP contribution in [0.1, 0.15) is 181 Å². The Morgan fingerprint density at radius 2 is 1.31 bits per heavy atom. The van der Waals surface area contributed by atoms with Gasteiger partial charge in [-0.1, -0.05) is 141 Å². The molecule has 0 heterocycles. The number of amides is 1. The van der Waals surface area contributed by atoms with Crippen molar-refractivity contribution in [1.82, 2.24) is 4.90 Å². The van der Waals surface area contributed by atoms with E-state index in [0.29, 0.717) is 34.0 Å². The van der Waals surface area contributed by atoms with Crippen LogP contribution in [0.25, 0.3) is 0 Å². The molecule has 5 fully saturated rings. The fourth-order valence-corrected chi connectivity index (χ4v) is 12.1. The third-order valence-electron chi connectivity index (χ3n) is 14.4. The maximum atomic E-state index is 13.6. The number of allylic oxidation sites excluding steroid dienone is 5. The molecule has 0 spiro atoms. The summed E-state index contributed by atoms with van der Waals surface area (Å²) in [5, 5.41) is 0. The molecule has 0 aliphatic heterocycles. The second-order valence-electron chi connectivity index (χ2n) is 16.8. The van der Waals surface area contributed by atoms with Gasteiger partial charge in [0.25, 0.3) is 0 Å². The lowest BCUT2D eigenvalue weighted by Gasteiger charge is -2.72. The number of hydrogen-bond acceptors (Lipinski definition) is 1. The third-order valence-corrected chi connectivity index (χ3v) is 14.4. The van der Waals surface area contributed by atoms with Crippen LogP contribution >= 0.6 is 0 Å². The highest BCUT2D eigenvalue weighted by molar-refractivity contribution is 5.83. The Kier molecular flexibility index (Phi) is 17.0. The fraction of sp³-hybridized carbons (Fsp3) is 0.848. The number of fused-ring (bicyclic) bond motifs is 7. The zero-order valence-electron chi connectivity index (χ0n) is 35.7. The number of carbonyl (C=O) groups is 1. The van der Waals surface area contributed by atoms with Gasteiger partial charge in [-0.2, -0.15) is 0 Å². The van der Waals surface area contributed by atoms with E-state index in [0.717, 1.165) is 30.6 Å². The third kappa shape index (κ3) is 7.78. The lowest BCUT2D eigenvalue weighted by molar-refractivity contribution is -0.225. The Labute approximate surface area is 302 Å². The molecule has 7 unspecified atom stereocenters. The van der Waals surface area contributed by atoms with Crippen LogP contribution in [0, 0.1) is 56.7 Å². The van der Waals surface area contributed by atoms with Gasteiger partial charge in [0.15, 0.2) is 0 Å². The maximum Gasteiger partial charge on any atom is 0.228 e. The molecule has 0 aromatic rings. The summed E-state index contributed by atoms with van der Waals surface area (Å²) in [4.78, 5) is 15.5. The van der Waals surface area contributed by atoms with Crippen molar-refractivity contribution in [3.63, 3.8) is 0 Å². The van der Waals surface area contributed by atoms with Gasteiger partial charge in [-0.3, -0.25) is 4.79 Å². The molecule has 1 amide bonds. The molecule has 280 valence electrons. The van der Waals surface area contributed by atoms with Crippen molar-refractivity contribution in [2.45, 2.75) is 181 Å². The standard InChI is InChI=1S/C34H53NO.C4H8.4C2H6/c1-10-12-23(2)24-16-19-31(5)27(30(24,3)4)17-20-33(7)28(31)15-14-25-26-13-11-18-34(26,29(36)35(8)9)22-21-32(25,33)6;1-4-2-3-4;4*1-2/h10,12,16,25-28H,1,11,13-15,17-22H2,2-9H3;4H,2-3H2,1H3;4*1-2H3/b23-12+;;;;;/t25?,26?,27?,28?,31?,32-,33?,34?;;;;;/m1...../s1. The minimum Gasteiger partial charge on any atom is -0.348 e. The summed E-state index contributed by atoms with van der Waals surface area (Å²) in [6, 6.07) is 0. The molecular weight excluding hydrogens is 583 g/mol. The second-order valence-corrected chi connectivity index (χ2v) is 16.8. The molecule has 2 nitrogen and oxygen atoms in total. The van der Waals surface area contributed by atoms with Crippen molar-refractivity contribution in [3.05, 3.63) is 36.0 Å². The van der Waals surface area contributed by atoms with Crippen molar-refractivity contribution in [2.75, 3.05) is 14.1 Å². The van der Waals surface area contributed by atoms with Gasteiger partial charge in [0.1, 0.15) is 0 Å². The Morgan fingerprint density at radius 1 is 0.750 bits per heavy atom. The van der Waals surface area contributed by atoms with Crippen LogP contribution in [0.5, 0.6) is 0 Å². The van der Waals surface area contributed by atoms with E-state index in [-0.39, 0.29) is 10.8 Å². The summed E-state index contributed by atoms with van der Waals surface area (Å²) < 4.78 is 0. The molecule has 8 atom stereocenters. The molecule has 6 aliphatic rings. The molecule has 0 N–H and O–H groups in total. The Hall–Kier alpha value is -1.31. The quantitative estimate of drug-likeness (QED) is 0.274. The lowest BCUT2D eigenvalue weighted by atomic mass is 9.32. The molecule has 6 rings (SSSR count). The molecule has 0 aromatic carbocycles. The van der Waals surface area contributed by atoms with E-state index in [4.69, 9.17) is 0 Å². The van der Waals surface area contributed by atoms with E-state index in [2.05, 4.69) is 67.2 Å². The van der Waals surface area contributed by atoms with Crippen molar-refractivity contribution < 1.29 is 4.79 Å². The lowest BCUT2D eigenvalue weighted by Crippen LogP contribution is -2.65. The van der Waals surface area contributed by atoms with E-state index in [1.165, 1.54) is 69.8 Å². The SMILES string of the molecule is C=C/C=C(\C)C1=CCC2(C)C(CCC3(C)C2CCC2C4CCCC4(C(=O)N(C)C)CC[C@]23C)C1(C)C.CC.CC.CC.CC.CC1CC1. The predicted molar refractivity (Wildman–Crippen MR) is 215 cm³/mol. The number of hydrogen-bond donors (Lipinski definition) is 0. The summed E-state index contributed by atoms with van der Waals surface area (Å²) >= 11 is 0. The molecule has 6 aliphatic carbocycles. The van der Waals surface area contributed by atoms with Gasteiger partial charge in [0.05, 0.1) is 5.41 Å². The summed E-state index contributed by atoms with van der Waals surface area (Å²) in [6.07, 6.45) is 22.3. The van der Waals surface area contributed by atoms with E-state index in [1.54, 1.807) is 5.57 Å². The van der Waals surface area contributed by atoms with Gasteiger partial charge in [-0.25, -0.2) is 0 Å². The Morgan fingerprint density at radius 3 is 1.81 bits per heavy atom. The molecule has 0 aromatic heterocycles.